The third-order valence-corrected chi connectivity index (χ3v) is 3.22. The molecule has 5 heteroatoms. The molecule has 0 aromatic heterocycles. The highest BCUT2D eigenvalue weighted by molar-refractivity contribution is 14.1. The van der Waals surface area contributed by atoms with Crippen molar-refractivity contribution < 1.29 is 9.18 Å². The van der Waals surface area contributed by atoms with Gasteiger partial charge in [-0.05, 0) is 64.6 Å². The monoisotopic (exact) mass is 382 g/mol. The first-order chi connectivity index (χ1) is 9.54. The molecule has 0 heterocycles. The van der Waals surface area contributed by atoms with Gasteiger partial charge in [-0.25, -0.2) is 4.39 Å². The van der Waals surface area contributed by atoms with Crippen molar-refractivity contribution in [1.82, 2.24) is 0 Å². The predicted molar refractivity (Wildman–Crippen MR) is 87.6 cm³/mol. The van der Waals surface area contributed by atoms with Gasteiger partial charge in [-0.3, -0.25) is 4.79 Å². The van der Waals surface area contributed by atoms with E-state index in [4.69, 9.17) is 5.73 Å². The second kappa shape index (κ2) is 6.51. The Morgan fingerprint density at radius 1 is 1.20 bits per heavy atom. The van der Waals surface area contributed by atoms with Crippen LogP contribution in [0.5, 0.6) is 0 Å². The molecule has 0 radical (unpaired) electrons. The number of anilines is 2. The van der Waals surface area contributed by atoms with E-state index < -0.39 is 5.82 Å². The molecule has 0 aliphatic rings. The van der Waals surface area contributed by atoms with Crippen molar-refractivity contribution in [2.45, 2.75) is 0 Å². The Morgan fingerprint density at radius 3 is 2.55 bits per heavy atom. The van der Waals surface area contributed by atoms with E-state index in [9.17, 15) is 9.18 Å². The highest BCUT2D eigenvalue weighted by Crippen LogP contribution is 2.17. The molecule has 0 spiro atoms. The second-order valence-electron chi connectivity index (χ2n) is 4.11. The van der Waals surface area contributed by atoms with Gasteiger partial charge in [-0.1, -0.05) is 12.1 Å². The van der Waals surface area contributed by atoms with E-state index in [2.05, 4.69) is 5.32 Å². The van der Waals surface area contributed by atoms with Crippen molar-refractivity contribution in [2.75, 3.05) is 11.1 Å². The first-order valence-corrected chi connectivity index (χ1v) is 6.92. The molecule has 0 saturated heterocycles. The lowest BCUT2D eigenvalue weighted by molar-refractivity contribution is -0.111. The number of amides is 1. The number of hydrogen-bond donors (Lipinski definition) is 2. The summed E-state index contributed by atoms with van der Waals surface area (Å²) in [6.45, 7) is 0. The van der Waals surface area contributed by atoms with Gasteiger partial charge >= 0.3 is 0 Å². The SMILES string of the molecule is Nc1ccc(/C=C/C(=O)Nc2ccc(I)cc2F)cc1. The standard InChI is InChI=1S/C15H12FIN2O/c16-13-9-11(17)4-7-14(13)19-15(20)8-3-10-1-5-12(18)6-2-10/h1-9H,18H2,(H,19,20)/b8-3+. The number of rotatable bonds is 3. The van der Waals surface area contributed by atoms with Crippen molar-refractivity contribution >= 4 is 45.9 Å². The maximum atomic E-state index is 13.6. The number of benzene rings is 2. The summed E-state index contributed by atoms with van der Waals surface area (Å²) in [4.78, 5) is 11.7. The molecule has 0 fully saturated rings. The fourth-order valence-corrected chi connectivity index (χ4v) is 2.00. The molecule has 2 rings (SSSR count). The van der Waals surface area contributed by atoms with Crippen LogP contribution in [0.3, 0.4) is 0 Å². The molecule has 0 bridgehead atoms. The van der Waals surface area contributed by atoms with Crippen LogP contribution in [0.15, 0.2) is 48.5 Å². The van der Waals surface area contributed by atoms with Gasteiger partial charge in [0.05, 0.1) is 5.69 Å². The zero-order valence-corrected chi connectivity index (χ0v) is 12.6. The second-order valence-corrected chi connectivity index (χ2v) is 5.36. The fourth-order valence-electron chi connectivity index (χ4n) is 1.54. The van der Waals surface area contributed by atoms with Gasteiger partial charge in [0.1, 0.15) is 5.82 Å². The van der Waals surface area contributed by atoms with Crippen molar-refractivity contribution in [3.05, 3.63) is 63.5 Å². The van der Waals surface area contributed by atoms with Crippen LogP contribution < -0.4 is 11.1 Å². The van der Waals surface area contributed by atoms with Crippen LogP contribution in [0.2, 0.25) is 0 Å². The number of nitrogen functional groups attached to an aromatic ring is 1. The normalized spacial score (nSPS) is 10.7. The van der Waals surface area contributed by atoms with E-state index in [0.29, 0.717) is 5.69 Å². The van der Waals surface area contributed by atoms with E-state index >= 15 is 0 Å². The summed E-state index contributed by atoms with van der Waals surface area (Å²) in [5.41, 5.74) is 7.24. The zero-order valence-electron chi connectivity index (χ0n) is 10.4. The summed E-state index contributed by atoms with van der Waals surface area (Å²) in [6, 6.07) is 11.7. The molecule has 0 aliphatic carbocycles. The minimum Gasteiger partial charge on any atom is -0.399 e. The maximum Gasteiger partial charge on any atom is 0.248 e. The molecular formula is C15H12FIN2O. The molecule has 1 amide bonds. The quantitative estimate of drug-likeness (QED) is 0.484. The van der Waals surface area contributed by atoms with E-state index in [0.717, 1.165) is 9.13 Å². The third kappa shape index (κ3) is 4.06. The molecule has 0 saturated carbocycles. The molecular weight excluding hydrogens is 370 g/mol. The lowest BCUT2D eigenvalue weighted by atomic mass is 10.2. The lowest BCUT2D eigenvalue weighted by Crippen LogP contribution is -2.09. The predicted octanol–water partition coefficient (Wildman–Crippen LogP) is 3.66. The zero-order chi connectivity index (χ0) is 14.5. The van der Waals surface area contributed by atoms with Gasteiger partial charge in [0, 0.05) is 15.3 Å². The fraction of sp³-hybridized carbons (Fsp3) is 0. The van der Waals surface area contributed by atoms with Crippen LogP contribution in [0.4, 0.5) is 15.8 Å². The van der Waals surface area contributed by atoms with Crippen LogP contribution in [0.25, 0.3) is 6.08 Å². The molecule has 2 aromatic rings. The number of nitrogens with one attached hydrogen (secondary N) is 1. The minimum atomic E-state index is -0.453. The van der Waals surface area contributed by atoms with Crippen LogP contribution in [-0.2, 0) is 4.79 Å². The third-order valence-electron chi connectivity index (χ3n) is 2.55. The van der Waals surface area contributed by atoms with Crippen LogP contribution in [0.1, 0.15) is 5.56 Å². The summed E-state index contributed by atoms with van der Waals surface area (Å²) in [5.74, 6) is -0.840. The first-order valence-electron chi connectivity index (χ1n) is 5.84. The first kappa shape index (κ1) is 14.5. The van der Waals surface area contributed by atoms with Crippen molar-refractivity contribution in [3.63, 3.8) is 0 Å². The van der Waals surface area contributed by atoms with E-state index in [1.54, 1.807) is 36.4 Å². The Labute approximate surface area is 129 Å². The van der Waals surface area contributed by atoms with Crippen LogP contribution in [-0.4, -0.2) is 5.91 Å². The Balaban J connectivity index is 2.03. The summed E-state index contributed by atoms with van der Waals surface area (Å²) >= 11 is 2.01. The molecule has 0 unspecified atom stereocenters. The molecule has 3 nitrogen and oxygen atoms in total. The van der Waals surface area contributed by atoms with Crippen molar-refractivity contribution in [1.29, 1.82) is 0 Å². The van der Waals surface area contributed by atoms with E-state index in [1.807, 2.05) is 22.6 Å². The Hall–Kier alpha value is -1.89. The van der Waals surface area contributed by atoms with Crippen LogP contribution >= 0.6 is 22.6 Å². The minimum absolute atomic E-state index is 0.164. The topological polar surface area (TPSA) is 55.1 Å². The number of nitrogens with two attached hydrogens (primary N) is 1. The summed E-state index contributed by atoms with van der Waals surface area (Å²) in [6.07, 6.45) is 2.99. The maximum absolute atomic E-state index is 13.6. The van der Waals surface area contributed by atoms with Crippen molar-refractivity contribution in [2.24, 2.45) is 0 Å². The summed E-state index contributed by atoms with van der Waals surface area (Å²) < 4.78 is 14.3. The largest absolute Gasteiger partial charge is 0.399 e. The molecule has 20 heavy (non-hydrogen) atoms. The number of carbonyl (C=O) groups is 1. The molecule has 102 valence electrons. The van der Waals surface area contributed by atoms with Gasteiger partial charge in [-0.15, -0.1) is 0 Å². The Bertz CT molecular complexity index is 653. The van der Waals surface area contributed by atoms with Gasteiger partial charge in [0.2, 0.25) is 5.91 Å². The molecule has 0 aliphatic heterocycles. The van der Waals surface area contributed by atoms with Crippen LogP contribution in [0, 0.1) is 9.39 Å². The summed E-state index contributed by atoms with van der Waals surface area (Å²) in [5, 5.41) is 2.49. The van der Waals surface area contributed by atoms with Gasteiger partial charge in [0.25, 0.3) is 0 Å². The number of carbonyl (C=O) groups excluding carboxylic acids is 1. The molecule has 3 N–H and O–H groups in total. The Morgan fingerprint density at radius 2 is 1.90 bits per heavy atom. The Kier molecular flexibility index (Phi) is 4.73. The highest BCUT2D eigenvalue weighted by Gasteiger charge is 2.04. The number of halogens is 2. The molecule has 2 aromatic carbocycles. The smallest absolute Gasteiger partial charge is 0.248 e. The lowest BCUT2D eigenvalue weighted by Gasteiger charge is -2.04. The van der Waals surface area contributed by atoms with Crippen molar-refractivity contribution in [3.8, 4) is 0 Å². The van der Waals surface area contributed by atoms with Gasteiger partial charge < -0.3 is 11.1 Å². The number of hydrogen-bond acceptors (Lipinski definition) is 2. The average molecular weight is 382 g/mol. The highest BCUT2D eigenvalue weighted by atomic mass is 127. The van der Waals surface area contributed by atoms with E-state index in [-0.39, 0.29) is 11.6 Å². The molecule has 0 atom stereocenters. The van der Waals surface area contributed by atoms with E-state index in [1.165, 1.54) is 18.2 Å². The average Bonchev–Trinajstić information content (AvgIpc) is 2.41. The van der Waals surface area contributed by atoms with Gasteiger partial charge in [-0.2, -0.15) is 0 Å². The van der Waals surface area contributed by atoms with Gasteiger partial charge in [0.15, 0.2) is 0 Å². The summed E-state index contributed by atoms with van der Waals surface area (Å²) in [7, 11) is 0.